The minimum Gasteiger partial charge on any atom is -0.490 e. The fraction of sp³-hybridized carbons (Fsp3) is 0.286. The fourth-order valence-electron chi connectivity index (χ4n) is 3.35. The highest BCUT2D eigenvalue weighted by molar-refractivity contribution is 5.85. The lowest BCUT2D eigenvalue weighted by atomic mass is 9.89. The number of fused-ring (bicyclic) bond motifs is 1. The second-order valence-electron chi connectivity index (χ2n) is 6.76. The highest BCUT2D eigenvalue weighted by Crippen LogP contribution is 2.28. The van der Waals surface area contributed by atoms with Crippen molar-refractivity contribution in [2.75, 3.05) is 0 Å². The van der Waals surface area contributed by atoms with Crippen LogP contribution in [0.3, 0.4) is 0 Å². The largest absolute Gasteiger partial charge is 0.490 e. The molecule has 0 radical (unpaired) electrons. The maximum atomic E-state index is 14.2. The topological polar surface area (TPSA) is 43.4 Å². The van der Waals surface area contributed by atoms with Crippen molar-refractivity contribution in [3.8, 4) is 11.5 Å². The van der Waals surface area contributed by atoms with E-state index in [1.807, 2.05) is 6.07 Å². The van der Waals surface area contributed by atoms with Crippen LogP contribution in [0, 0.1) is 5.82 Å². The number of aromatic nitrogens is 1. The summed E-state index contributed by atoms with van der Waals surface area (Å²) < 4.78 is 48.7. The summed E-state index contributed by atoms with van der Waals surface area (Å²) >= 11 is 0. The summed E-state index contributed by atoms with van der Waals surface area (Å²) in [6.07, 6.45) is 5.02. The van der Waals surface area contributed by atoms with Gasteiger partial charge in [-0.3, -0.25) is 4.98 Å². The Morgan fingerprint density at radius 3 is 2.48 bits per heavy atom. The molecule has 0 aliphatic heterocycles. The van der Waals surface area contributed by atoms with E-state index in [1.54, 1.807) is 30.6 Å². The van der Waals surface area contributed by atoms with Crippen LogP contribution < -0.4 is 14.8 Å². The minimum absolute atomic E-state index is 0. The molecule has 29 heavy (non-hydrogen) atoms. The van der Waals surface area contributed by atoms with Gasteiger partial charge in [0.2, 0.25) is 0 Å². The lowest BCUT2D eigenvalue weighted by Crippen LogP contribution is -2.46. The fourth-order valence-corrected chi connectivity index (χ4v) is 3.35. The van der Waals surface area contributed by atoms with Gasteiger partial charge in [-0.1, -0.05) is 0 Å². The zero-order valence-corrected chi connectivity index (χ0v) is 16.2. The first-order valence-electron chi connectivity index (χ1n) is 9.04. The number of ether oxygens (including phenoxy) is 2. The normalized spacial score (nSPS) is 18.2. The molecule has 0 saturated heterocycles. The van der Waals surface area contributed by atoms with Crippen molar-refractivity contribution >= 4 is 23.2 Å². The molecule has 1 N–H and O–H groups in total. The number of alkyl halides is 2. The summed E-state index contributed by atoms with van der Waals surface area (Å²) in [5.74, 6) is 0.477. The molecule has 8 heteroatoms. The molecule has 1 aromatic heterocycles. The lowest BCUT2D eigenvalue weighted by Gasteiger charge is -2.36. The molecule has 1 aliphatic rings. The summed E-state index contributed by atoms with van der Waals surface area (Å²) in [5, 5.41) is 5.14. The zero-order chi connectivity index (χ0) is 19.5. The zero-order valence-electron chi connectivity index (χ0n) is 15.4. The van der Waals surface area contributed by atoms with Crippen LogP contribution in [-0.2, 0) is 6.54 Å². The summed E-state index contributed by atoms with van der Waals surface area (Å²) in [6, 6.07) is 11.4. The van der Waals surface area contributed by atoms with Gasteiger partial charge in [0.25, 0.3) is 0 Å². The predicted octanol–water partition coefficient (Wildman–Crippen LogP) is 5.10. The monoisotopic (exact) mass is 424 g/mol. The van der Waals surface area contributed by atoms with Crippen molar-refractivity contribution < 1.29 is 22.6 Å². The molecule has 154 valence electrons. The van der Waals surface area contributed by atoms with Gasteiger partial charge >= 0.3 is 6.61 Å². The lowest BCUT2D eigenvalue weighted by molar-refractivity contribution is -0.0499. The molecule has 1 heterocycles. The third-order valence-electron chi connectivity index (χ3n) is 4.89. The van der Waals surface area contributed by atoms with Crippen molar-refractivity contribution in [3.63, 3.8) is 0 Å². The van der Waals surface area contributed by atoms with E-state index in [1.165, 1.54) is 18.2 Å². The van der Waals surface area contributed by atoms with Crippen molar-refractivity contribution in [2.45, 2.75) is 38.1 Å². The third-order valence-corrected chi connectivity index (χ3v) is 4.89. The number of pyridine rings is 1. The molecule has 4 nitrogen and oxygen atoms in total. The Hall–Kier alpha value is -2.51. The van der Waals surface area contributed by atoms with Crippen LogP contribution in [0.2, 0.25) is 0 Å². The Morgan fingerprint density at radius 1 is 1.03 bits per heavy atom. The van der Waals surface area contributed by atoms with Crippen molar-refractivity contribution in [2.24, 2.45) is 0 Å². The summed E-state index contributed by atoms with van der Waals surface area (Å²) in [6.45, 7) is -2.40. The van der Waals surface area contributed by atoms with Gasteiger partial charge < -0.3 is 14.8 Å². The molecule has 1 aliphatic carbocycles. The molecule has 0 bridgehead atoms. The highest BCUT2D eigenvalue weighted by atomic mass is 35.5. The van der Waals surface area contributed by atoms with Crippen LogP contribution >= 0.6 is 12.4 Å². The average molecular weight is 425 g/mol. The van der Waals surface area contributed by atoms with Gasteiger partial charge in [-0.25, -0.2) is 4.39 Å². The maximum Gasteiger partial charge on any atom is 0.387 e. The van der Waals surface area contributed by atoms with E-state index in [2.05, 4.69) is 15.0 Å². The number of nitrogens with zero attached hydrogens (tertiary/aromatic N) is 1. The molecule has 3 aromatic rings. The second-order valence-corrected chi connectivity index (χ2v) is 6.76. The molecule has 0 atom stereocenters. The standard InChI is InChI=1S/C21H19F3N2O2.ClH/c22-20-6-1-13-11-25-8-7-18(13)19(20)12-26-14-9-17(10-14)27-15-2-4-16(5-3-15)28-21(23)24;/h1-8,11,14,17,21,26H,9-10,12H2;1H. The first-order valence-corrected chi connectivity index (χ1v) is 9.04. The van der Waals surface area contributed by atoms with Gasteiger partial charge in [-0.2, -0.15) is 8.78 Å². The van der Waals surface area contributed by atoms with Crippen LogP contribution in [0.15, 0.2) is 54.9 Å². The van der Waals surface area contributed by atoms with Gasteiger partial charge in [-0.15, -0.1) is 12.4 Å². The van der Waals surface area contributed by atoms with E-state index < -0.39 is 6.61 Å². The molecular formula is C21H20ClF3N2O2. The first kappa shape index (κ1) is 21.2. The van der Waals surface area contributed by atoms with Crippen molar-refractivity contribution in [1.29, 1.82) is 0 Å². The SMILES string of the molecule is Cl.Fc1ccc2cnccc2c1CNC1CC(Oc2ccc(OC(F)F)cc2)C1. The van der Waals surface area contributed by atoms with Crippen LogP contribution in [0.5, 0.6) is 11.5 Å². The smallest absolute Gasteiger partial charge is 0.387 e. The Labute approximate surface area is 172 Å². The van der Waals surface area contributed by atoms with Crippen LogP contribution in [0.4, 0.5) is 13.2 Å². The van der Waals surface area contributed by atoms with E-state index in [9.17, 15) is 13.2 Å². The second kappa shape index (κ2) is 9.33. The molecule has 1 fully saturated rings. The average Bonchev–Trinajstić information content (AvgIpc) is 2.65. The number of benzene rings is 2. The maximum absolute atomic E-state index is 14.2. The number of halogens is 4. The number of nitrogens with one attached hydrogen (secondary N) is 1. The predicted molar refractivity (Wildman–Crippen MR) is 106 cm³/mol. The van der Waals surface area contributed by atoms with Gasteiger partial charge in [0.15, 0.2) is 0 Å². The first-order chi connectivity index (χ1) is 13.6. The van der Waals surface area contributed by atoms with E-state index in [4.69, 9.17) is 4.74 Å². The van der Waals surface area contributed by atoms with Crippen LogP contribution in [0.1, 0.15) is 18.4 Å². The number of hydrogen-bond acceptors (Lipinski definition) is 4. The van der Waals surface area contributed by atoms with Crippen LogP contribution in [0.25, 0.3) is 10.8 Å². The molecule has 2 aromatic carbocycles. The molecule has 4 rings (SSSR count). The highest BCUT2D eigenvalue weighted by Gasteiger charge is 2.30. The van der Waals surface area contributed by atoms with Gasteiger partial charge in [0.1, 0.15) is 23.4 Å². The molecule has 0 spiro atoms. The van der Waals surface area contributed by atoms with Crippen molar-refractivity contribution in [3.05, 3.63) is 66.2 Å². The van der Waals surface area contributed by atoms with Gasteiger partial charge in [-0.05, 0) is 60.7 Å². The van der Waals surface area contributed by atoms with E-state index in [0.717, 1.165) is 23.6 Å². The summed E-state index contributed by atoms with van der Waals surface area (Å²) in [7, 11) is 0. The van der Waals surface area contributed by atoms with Gasteiger partial charge in [0, 0.05) is 35.9 Å². The number of hydrogen-bond donors (Lipinski definition) is 1. The Kier molecular flexibility index (Phi) is 6.82. The van der Waals surface area contributed by atoms with Gasteiger partial charge in [0.05, 0.1) is 0 Å². The van der Waals surface area contributed by atoms with E-state index in [0.29, 0.717) is 17.9 Å². The Bertz CT molecular complexity index is 950. The number of rotatable bonds is 7. The summed E-state index contributed by atoms with van der Waals surface area (Å²) in [4.78, 5) is 4.07. The van der Waals surface area contributed by atoms with E-state index >= 15 is 0 Å². The molecular weight excluding hydrogens is 405 g/mol. The van der Waals surface area contributed by atoms with Crippen LogP contribution in [-0.4, -0.2) is 23.7 Å². The summed E-state index contributed by atoms with van der Waals surface area (Å²) in [5.41, 5.74) is 0.638. The Balaban J connectivity index is 0.00000240. The van der Waals surface area contributed by atoms with E-state index in [-0.39, 0.29) is 36.1 Å². The van der Waals surface area contributed by atoms with Crippen molar-refractivity contribution in [1.82, 2.24) is 10.3 Å². The quantitative estimate of drug-likeness (QED) is 0.573. The molecule has 0 unspecified atom stereocenters. The minimum atomic E-state index is -2.84. The Morgan fingerprint density at radius 2 is 1.76 bits per heavy atom. The molecule has 1 saturated carbocycles. The third kappa shape index (κ3) is 5.10. The molecule has 0 amide bonds.